The first-order chi connectivity index (χ1) is 19.1. The lowest BCUT2D eigenvalue weighted by molar-refractivity contribution is -0.136. The van der Waals surface area contributed by atoms with E-state index >= 15 is 0 Å². The Morgan fingerprint density at radius 2 is 1.10 bits per heavy atom. The van der Waals surface area contributed by atoms with Crippen molar-refractivity contribution in [2.75, 3.05) is 6.61 Å². The first-order valence-corrected chi connectivity index (χ1v) is 12.5. The van der Waals surface area contributed by atoms with Crippen LogP contribution >= 0.6 is 0 Å². The molecule has 0 aliphatic rings. The lowest BCUT2D eigenvalue weighted by Gasteiger charge is -2.10. The molecule has 5 rings (SSSR count). The van der Waals surface area contributed by atoms with Crippen molar-refractivity contribution in [3.63, 3.8) is 0 Å². The van der Waals surface area contributed by atoms with Crippen LogP contribution in [0.25, 0.3) is 11.1 Å². The van der Waals surface area contributed by atoms with Gasteiger partial charge in [-0.25, -0.2) is 4.79 Å². The number of ketones is 1. The van der Waals surface area contributed by atoms with Crippen LogP contribution in [0.4, 0.5) is 0 Å². The van der Waals surface area contributed by atoms with E-state index in [1.165, 1.54) is 0 Å². The van der Waals surface area contributed by atoms with Crippen LogP contribution in [-0.4, -0.2) is 18.4 Å². The monoisotopic (exact) mass is 514 g/mol. The van der Waals surface area contributed by atoms with Gasteiger partial charge in [-0.2, -0.15) is 0 Å². The van der Waals surface area contributed by atoms with E-state index in [4.69, 9.17) is 14.2 Å². The first-order valence-electron chi connectivity index (χ1n) is 12.5. The molecule has 5 aromatic carbocycles. The van der Waals surface area contributed by atoms with Crippen molar-refractivity contribution in [3.05, 3.63) is 150 Å². The predicted molar refractivity (Wildman–Crippen MR) is 150 cm³/mol. The van der Waals surface area contributed by atoms with Gasteiger partial charge >= 0.3 is 5.97 Å². The van der Waals surface area contributed by atoms with Crippen LogP contribution in [0.3, 0.4) is 0 Å². The van der Waals surface area contributed by atoms with Gasteiger partial charge in [-0.15, -0.1) is 0 Å². The number of carbonyl (C=O) groups is 2. The maximum atomic E-state index is 12.7. The molecule has 0 saturated carbocycles. The van der Waals surface area contributed by atoms with Crippen molar-refractivity contribution in [1.82, 2.24) is 0 Å². The van der Waals surface area contributed by atoms with Gasteiger partial charge in [0.2, 0.25) is 0 Å². The van der Waals surface area contributed by atoms with Crippen molar-refractivity contribution < 1.29 is 23.8 Å². The summed E-state index contributed by atoms with van der Waals surface area (Å²) in [6, 6.07) is 41.0. The average molecular weight is 515 g/mol. The lowest BCUT2D eigenvalue weighted by atomic mass is 10.0. The molecule has 0 aromatic heterocycles. The number of hydrogen-bond donors (Lipinski definition) is 0. The summed E-state index contributed by atoms with van der Waals surface area (Å²) in [6.07, 6.45) is 0. The largest absolute Gasteiger partial charge is 0.489 e. The zero-order valence-corrected chi connectivity index (χ0v) is 21.2. The zero-order chi connectivity index (χ0) is 26.9. The summed E-state index contributed by atoms with van der Waals surface area (Å²) in [5.41, 5.74) is 4.32. The van der Waals surface area contributed by atoms with E-state index in [-0.39, 0.29) is 12.4 Å². The van der Waals surface area contributed by atoms with Crippen LogP contribution in [0.5, 0.6) is 17.2 Å². The molecule has 5 aromatic rings. The fraction of sp³-hybridized carbons (Fsp3) is 0.0588. The molecule has 0 fully saturated rings. The smallest absolute Gasteiger partial charge is 0.349 e. The van der Waals surface area contributed by atoms with E-state index in [0.29, 0.717) is 35.0 Å². The summed E-state index contributed by atoms with van der Waals surface area (Å²) in [5, 5.41) is 0. The Morgan fingerprint density at radius 1 is 0.513 bits per heavy atom. The van der Waals surface area contributed by atoms with Gasteiger partial charge in [0.15, 0.2) is 12.4 Å². The molecule has 0 unspecified atom stereocenters. The summed E-state index contributed by atoms with van der Waals surface area (Å²) in [6.45, 7) is 0.210. The molecule has 0 atom stereocenters. The third-order valence-corrected chi connectivity index (χ3v) is 6.01. The SMILES string of the molecule is O=C(COc1ccc(-c2ccc(COc3cccc(C(=O)c4ccccc4)c3)cc2)cc1)Oc1ccccc1. The number of esters is 1. The molecule has 39 heavy (non-hydrogen) atoms. The third-order valence-electron chi connectivity index (χ3n) is 6.01. The highest BCUT2D eigenvalue weighted by Crippen LogP contribution is 2.24. The van der Waals surface area contributed by atoms with Gasteiger partial charge < -0.3 is 14.2 Å². The highest BCUT2D eigenvalue weighted by molar-refractivity contribution is 6.09. The predicted octanol–water partition coefficient (Wildman–Crippen LogP) is 7.15. The second-order valence-corrected chi connectivity index (χ2v) is 8.81. The standard InChI is InChI=1S/C34H26O5/c35-33(39-31-11-5-2-6-12-31)24-38-30-20-18-27(19-21-30)26-16-14-25(15-17-26)23-37-32-13-7-10-29(22-32)34(36)28-8-3-1-4-9-28/h1-22H,23-24H2. The minimum atomic E-state index is -0.461. The van der Waals surface area contributed by atoms with E-state index in [2.05, 4.69) is 0 Å². The van der Waals surface area contributed by atoms with Crippen LogP contribution in [0, 0.1) is 0 Å². The van der Waals surface area contributed by atoms with Gasteiger partial charge in [-0.05, 0) is 53.1 Å². The van der Waals surface area contributed by atoms with Crippen molar-refractivity contribution >= 4 is 11.8 Å². The van der Waals surface area contributed by atoms with Crippen molar-refractivity contribution in [3.8, 4) is 28.4 Å². The van der Waals surface area contributed by atoms with Gasteiger partial charge in [0.1, 0.15) is 23.9 Å². The van der Waals surface area contributed by atoms with E-state index in [1.807, 2.05) is 84.9 Å². The van der Waals surface area contributed by atoms with Crippen LogP contribution in [0.15, 0.2) is 133 Å². The molecule has 0 saturated heterocycles. The number of ether oxygens (including phenoxy) is 3. The highest BCUT2D eigenvalue weighted by Gasteiger charge is 2.10. The Balaban J connectivity index is 1.13. The van der Waals surface area contributed by atoms with Crippen molar-refractivity contribution in [2.24, 2.45) is 0 Å². The van der Waals surface area contributed by atoms with E-state index < -0.39 is 5.97 Å². The third kappa shape index (κ3) is 6.99. The number of hydrogen-bond acceptors (Lipinski definition) is 5. The number of rotatable bonds is 10. The molecular weight excluding hydrogens is 488 g/mol. The first kappa shape index (κ1) is 25.5. The summed E-state index contributed by atoms with van der Waals surface area (Å²) >= 11 is 0. The molecule has 0 spiro atoms. The van der Waals surface area contributed by atoms with Gasteiger partial charge in [-0.3, -0.25) is 4.79 Å². The minimum absolute atomic E-state index is 0.0334. The zero-order valence-electron chi connectivity index (χ0n) is 21.2. The number of benzene rings is 5. The Morgan fingerprint density at radius 3 is 1.79 bits per heavy atom. The van der Waals surface area contributed by atoms with E-state index in [1.54, 1.807) is 48.5 Å². The topological polar surface area (TPSA) is 61.8 Å². The van der Waals surface area contributed by atoms with Crippen LogP contribution in [0.1, 0.15) is 21.5 Å². The van der Waals surface area contributed by atoms with Gasteiger partial charge in [0, 0.05) is 11.1 Å². The molecule has 0 aliphatic heterocycles. The molecule has 0 heterocycles. The fourth-order valence-corrected chi connectivity index (χ4v) is 3.98. The lowest BCUT2D eigenvalue weighted by Crippen LogP contribution is -2.17. The van der Waals surface area contributed by atoms with Crippen LogP contribution < -0.4 is 14.2 Å². The Labute approximate surface area is 227 Å². The molecule has 0 aliphatic carbocycles. The fourth-order valence-electron chi connectivity index (χ4n) is 3.98. The summed E-state index contributed by atoms with van der Waals surface area (Å²) < 4.78 is 16.8. The maximum absolute atomic E-state index is 12.7. The van der Waals surface area contributed by atoms with E-state index in [9.17, 15) is 9.59 Å². The van der Waals surface area contributed by atoms with Gasteiger partial charge in [0.25, 0.3) is 0 Å². The molecule has 5 nitrogen and oxygen atoms in total. The van der Waals surface area contributed by atoms with Gasteiger partial charge in [-0.1, -0.05) is 97.1 Å². The average Bonchev–Trinajstić information content (AvgIpc) is 3.00. The molecular formula is C34H26O5. The number of para-hydroxylation sites is 1. The molecule has 192 valence electrons. The van der Waals surface area contributed by atoms with Crippen molar-refractivity contribution in [1.29, 1.82) is 0 Å². The van der Waals surface area contributed by atoms with E-state index in [0.717, 1.165) is 16.7 Å². The number of carbonyl (C=O) groups excluding carboxylic acids is 2. The molecule has 0 radical (unpaired) electrons. The Bertz CT molecular complexity index is 1530. The Hall–Kier alpha value is -5.16. The van der Waals surface area contributed by atoms with Gasteiger partial charge in [0.05, 0.1) is 0 Å². The molecule has 5 heteroatoms. The minimum Gasteiger partial charge on any atom is -0.489 e. The normalized spacial score (nSPS) is 10.5. The summed E-state index contributed by atoms with van der Waals surface area (Å²) in [7, 11) is 0. The maximum Gasteiger partial charge on any atom is 0.349 e. The second-order valence-electron chi connectivity index (χ2n) is 8.81. The second kappa shape index (κ2) is 12.4. The van der Waals surface area contributed by atoms with Crippen LogP contribution in [-0.2, 0) is 11.4 Å². The molecule has 0 N–H and O–H groups in total. The highest BCUT2D eigenvalue weighted by atomic mass is 16.6. The van der Waals surface area contributed by atoms with Crippen LogP contribution in [0.2, 0.25) is 0 Å². The molecule has 0 amide bonds. The summed E-state index contributed by atoms with van der Waals surface area (Å²) in [5.74, 6) is 1.22. The summed E-state index contributed by atoms with van der Waals surface area (Å²) in [4.78, 5) is 24.7. The van der Waals surface area contributed by atoms with Crippen molar-refractivity contribution in [2.45, 2.75) is 6.61 Å². The molecule has 0 bridgehead atoms. The quantitative estimate of drug-likeness (QED) is 0.113. The Kier molecular flexibility index (Phi) is 8.10.